The number of ether oxygens (including phenoxy) is 3. The predicted molar refractivity (Wildman–Crippen MR) is 145 cm³/mol. The smallest absolute Gasteiger partial charge is 0.327 e. The quantitative estimate of drug-likeness (QED) is 0.218. The van der Waals surface area contributed by atoms with E-state index in [4.69, 9.17) is 24.5 Å². The molecular weight excluding hydrogens is 563 g/mol. The van der Waals surface area contributed by atoms with Crippen LogP contribution in [0.15, 0.2) is 36.7 Å². The van der Waals surface area contributed by atoms with Crippen LogP contribution >= 0.6 is 18.1 Å². The van der Waals surface area contributed by atoms with Gasteiger partial charge in [-0.3, -0.25) is 13.9 Å². The maximum Gasteiger partial charge on any atom is 0.327 e. The molecule has 2 aromatic heterocycles. The van der Waals surface area contributed by atoms with Crippen LogP contribution in [0.5, 0.6) is 5.88 Å². The van der Waals surface area contributed by atoms with Crippen molar-refractivity contribution in [3.8, 4) is 5.88 Å². The molecule has 3 aromatic rings. The molecule has 2 aliphatic rings. The molecule has 40 heavy (non-hydrogen) atoms. The summed E-state index contributed by atoms with van der Waals surface area (Å²) in [5, 5.41) is 24.9. The zero-order chi connectivity index (χ0) is 28.7. The molecule has 2 fully saturated rings. The number of rotatable bonds is 8. The molecule has 1 unspecified atom stereocenters. The highest BCUT2D eigenvalue weighted by Crippen LogP contribution is 2.59. The van der Waals surface area contributed by atoms with E-state index in [-0.39, 0.29) is 29.6 Å². The molecule has 0 radical (unpaired) electrons. The zero-order valence-corrected chi connectivity index (χ0v) is 23.7. The van der Waals surface area contributed by atoms with E-state index < -0.39 is 48.9 Å². The molecule has 0 amide bonds. The lowest BCUT2D eigenvalue weighted by Crippen LogP contribution is -2.44. The summed E-state index contributed by atoms with van der Waals surface area (Å²) in [6.45, 7) is -0.748. The van der Waals surface area contributed by atoms with E-state index >= 15 is 0 Å². The van der Waals surface area contributed by atoms with Gasteiger partial charge in [0.05, 0.1) is 20.0 Å². The van der Waals surface area contributed by atoms with Gasteiger partial charge in [0.15, 0.2) is 17.4 Å². The summed E-state index contributed by atoms with van der Waals surface area (Å²) in [4.78, 5) is 25.2. The third kappa shape index (κ3) is 5.55. The van der Waals surface area contributed by atoms with Gasteiger partial charge in [0.1, 0.15) is 30.0 Å². The first-order valence-corrected chi connectivity index (χ1v) is 15.8. The average molecular weight is 595 g/mol. The van der Waals surface area contributed by atoms with Gasteiger partial charge in [0.2, 0.25) is 11.8 Å². The summed E-state index contributed by atoms with van der Waals surface area (Å²) in [7, 11) is 1.41. The van der Waals surface area contributed by atoms with Crippen LogP contribution in [0.25, 0.3) is 11.2 Å². The number of imidazole rings is 1. The molecule has 4 heterocycles. The number of nitrogen functional groups attached to an aromatic ring is 1. The minimum absolute atomic E-state index is 0.0751. The van der Waals surface area contributed by atoms with Crippen molar-refractivity contribution in [3.63, 3.8) is 0 Å². The highest BCUT2D eigenvalue weighted by Gasteiger charge is 2.54. The Morgan fingerprint density at radius 3 is 2.85 bits per heavy atom. The number of aromatic nitrogens is 4. The van der Waals surface area contributed by atoms with Crippen molar-refractivity contribution in [2.45, 2.75) is 56.5 Å². The van der Waals surface area contributed by atoms with Crippen LogP contribution in [0.1, 0.15) is 38.2 Å². The number of fused-ring (bicyclic) bond motifs is 1. The Morgan fingerprint density at radius 1 is 1.38 bits per heavy atom. The summed E-state index contributed by atoms with van der Waals surface area (Å²) in [6, 6.07) is 8.46. The molecule has 5 N–H and O–H groups in total. The number of carbonyl (C=O) groups is 1. The standard InChI is InChI=1S/C24H31N6O8PS/c1-13(14-7-5-4-6-8-14)37-21(32)15-9-10-40-39(34,29-15)36-11-16-18(31)24(2,33)22(38-16)30-12-26-17-19(30)27-23(25)28-20(17)35-3/h4-8,12-13,15-16,18,22,31,33H,9-11H2,1-3H3,(H,29,34)(H2,25,27,28)/t13-,15-,16?,18+,22+,24+,39+/m0/s1. The van der Waals surface area contributed by atoms with Crippen LogP contribution in [0.4, 0.5) is 5.95 Å². The second kappa shape index (κ2) is 11.2. The van der Waals surface area contributed by atoms with E-state index in [1.807, 2.05) is 30.3 Å². The van der Waals surface area contributed by atoms with Crippen molar-refractivity contribution >= 4 is 41.2 Å². The SMILES string of the molecule is COc1nc(N)nc2c1ncn2[C@@H]1OC(CO[P@]2(=O)N[C@H](C(=O)O[C@@H](C)c3ccccc3)CCS2)[C@@H](O)[C@@]1(C)O. The third-order valence-electron chi connectivity index (χ3n) is 6.84. The number of nitrogens with two attached hydrogens (primary N) is 1. The fourth-order valence-corrected chi connectivity index (χ4v) is 8.46. The molecule has 0 aliphatic carbocycles. The molecule has 7 atom stereocenters. The van der Waals surface area contributed by atoms with Gasteiger partial charge in [-0.2, -0.15) is 9.97 Å². The lowest BCUT2D eigenvalue weighted by molar-refractivity contribution is -0.150. The Morgan fingerprint density at radius 2 is 2.12 bits per heavy atom. The molecule has 1 aromatic carbocycles. The number of nitrogens with zero attached hydrogens (tertiary/aromatic N) is 4. The Hall–Kier alpha value is -2.78. The van der Waals surface area contributed by atoms with Gasteiger partial charge in [0, 0.05) is 5.75 Å². The van der Waals surface area contributed by atoms with E-state index in [2.05, 4.69) is 20.0 Å². The van der Waals surface area contributed by atoms with Crippen molar-refractivity contribution in [2.24, 2.45) is 0 Å². The van der Waals surface area contributed by atoms with Crippen molar-refractivity contribution in [1.29, 1.82) is 0 Å². The number of esters is 1. The number of aliphatic hydroxyl groups is 2. The van der Waals surface area contributed by atoms with Gasteiger partial charge in [-0.25, -0.2) is 10.1 Å². The van der Waals surface area contributed by atoms with Crippen LogP contribution < -0.4 is 15.6 Å². The Labute approximate surface area is 233 Å². The van der Waals surface area contributed by atoms with E-state index in [9.17, 15) is 19.6 Å². The number of methoxy groups -OCH3 is 1. The third-order valence-corrected chi connectivity index (χ3v) is 10.9. The van der Waals surface area contributed by atoms with Crippen molar-refractivity contribution in [3.05, 3.63) is 42.2 Å². The minimum atomic E-state index is -3.58. The molecular formula is C24H31N6O8PS. The molecule has 5 rings (SSSR count). The monoisotopic (exact) mass is 594 g/mol. The number of hydrogen-bond donors (Lipinski definition) is 4. The Kier molecular flexibility index (Phi) is 8.08. The van der Waals surface area contributed by atoms with Gasteiger partial charge in [-0.15, -0.1) is 0 Å². The van der Waals surface area contributed by atoms with Crippen molar-refractivity contribution in [1.82, 2.24) is 24.6 Å². The lowest BCUT2D eigenvalue weighted by atomic mass is 9.96. The molecule has 14 nitrogen and oxygen atoms in total. The summed E-state index contributed by atoms with van der Waals surface area (Å²) in [5.41, 5.74) is 5.34. The first-order valence-electron chi connectivity index (χ1n) is 12.5. The van der Waals surface area contributed by atoms with Crippen LogP contribution in [-0.2, 0) is 23.4 Å². The summed E-state index contributed by atoms with van der Waals surface area (Å²) in [6.07, 6.45) is -2.35. The van der Waals surface area contributed by atoms with E-state index in [0.29, 0.717) is 12.2 Å². The second-order valence-electron chi connectivity index (χ2n) is 9.70. The van der Waals surface area contributed by atoms with Gasteiger partial charge >= 0.3 is 12.7 Å². The summed E-state index contributed by atoms with van der Waals surface area (Å²) in [5.74, 6) is -0.0791. The molecule has 2 aliphatic heterocycles. The van der Waals surface area contributed by atoms with Crippen molar-refractivity contribution < 1.29 is 38.3 Å². The largest absolute Gasteiger partial charge is 0.479 e. The number of anilines is 1. The Balaban J connectivity index is 1.25. The number of aliphatic hydroxyl groups excluding tert-OH is 1. The first-order chi connectivity index (χ1) is 19.0. The number of carbonyl (C=O) groups excluding carboxylic acids is 1. The van der Waals surface area contributed by atoms with E-state index in [0.717, 1.165) is 16.9 Å². The van der Waals surface area contributed by atoms with Gasteiger partial charge in [-0.05, 0) is 25.8 Å². The average Bonchev–Trinajstić information content (AvgIpc) is 3.45. The van der Waals surface area contributed by atoms with Gasteiger partial charge in [-0.1, -0.05) is 41.7 Å². The van der Waals surface area contributed by atoms with Crippen LogP contribution in [0.2, 0.25) is 0 Å². The zero-order valence-electron chi connectivity index (χ0n) is 22.0. The maximum atomic E-state index is 13.5. The Bertz CT molecular complexity index is 1430. The van der Waals surface area contributed by atoms with Gasteiger partial charge in [0.25, 0.3) is 0 Å². The van der Waals surface area contributed by atoms with Crippen molar-refractivity contribution in [2.75, 3.05) is 25.2 Å². The molecule has 216 valence electrons. The first kappa shape index (κ1) is 28.7. The molecule has 0 spiro atoms. The molecule has 0 saturated carbocycles. The molecule has 2 saturated heterocycles. The summed E-state index contributed by atoms with van der Waals surface area (Å²) >= 11 is 1.05. The van der Waals surface area contributed by atoms with Crippen LogP contribution in [-0.4, -0.2) is 79.0 Å². The van der Waals surface area contributed by atoms with E-state index in [1.54, 1.807) is 6.92 Å². The fourth-order valence-electron chi connectivity index (χ4n) is 4.65. The minimum Gasteiger partial charge on any atom is -0.479 e. The van der Waals surface area contributed by atoms with E-state index in [1.165, 1.54) is 24.9 Å². The number of benzene rings is 1. The highest BCUT2D eigenvalue weighted by atomic mass is 32.7. The highest BCUT2D eigenvalue weighted by molar-refractivity contribution is 8.56. The predicted octanol–water partition coefficient (Wildman–Crippen LogP) is 1.95. The fraction of sp³-hybridized carbons (Fsp3) is 0.500. The lowest BCUT2D eigenvalue weighted by Gasteiger charge is -2.30. The van der Waals surface area contributed by atoms with Gasteiger partial charge < -0.3 is 34.7 Å². The normalized spacial score (nSPS) is 31.2. The maximum absolute atomic E-state index is 13.5. The molecule has 16 heteroatoms. The summed E-state index contributed by atoms with van der Waals surface area (Å²) < 4.78 is 37.4. The van der Waals surface area contributed by atoms with Crippen LogP contribution in [0.3, 0.4) is 0 Å². The number of nitrogens with one attached hydrogen (secondary N) is 1. The topological polar surface area (TPSA) is 193 Å². The number of hydrogen-bond acceptors (Lipinski definition) is 13. The van der Waals surface area contributed by atoms with Crippen LogP contribution in [0, 0.1) is 0 Å². The molecule has 0 bridgehead atoms. The second-order valence-corrected chi connectivity index (χ2v) is 14.1.